The van der Waals surface area contributed by atoms with Crippen molar-refractivity contribution >= 4 is 11.6 Å². The summed E-state index contributed by atoms with van der Waals surface area (Å²) in [6, 6.07) is 15.7. The van der Waals surface area contributed by atoms with Crippen molar-refractivity contribution < 1.29 is 5.11 Å². The summed E-state index contributed by atoms with van der Waals surface area (Å²) >= 11 is 5.96. The van der Waals surface area contributed by atoms with E-state index in [2.05, 4.69) is 12.1 Å². The molecule has 0 heterocycles. The zero-order valence-electron chi connectivity index (χ0n) is 12.1. The van der Waals surface area contributed by atoms with Crippen LogP contribution in [0.25, 0.3) is 0 Å². The van der Waals surface area contributed by atoms with Crippen molar-refractivity contribution in [1.29, 1.82) is 0 Å². The van der Waals surface area contributed by atoms with E-state index in [0.717, 1.165) is 18.4 Å². The molecule has 21 heavy (non-hydrogen) atoms. The topological polar surface area (TPSA) is 46.2 Å². The van der Waals surface area contributed by atoms with E-state index >= 15 is 0 Å². The molecule has 1 aliphatic rings. The van der Waals surface area contributed by atoms with Gasteiger partial charge in [-0.15, -0.1) is 0 Å². The molecule has 3 N–H and O–H groups in total. The molecule has 1 aliphatic carbocycles. The maximum atomic E-state index is 11.4. The number of hydrogen-bond acceptors (Lipinski definition) is 2. The van der Waals surface area contributed by atoms with Crippen LogP contribution in [-0.4, -0.2) is 11.7 Å². The molecular formula is C18H20ClNO. The van der Waals surface area contributed by atoms with E-state index in [1.165, 1.54) is 11.1 Å². The van der Waals surface area contributed by atoms with Crippen molar-refractivity contribution in [2.75, 3.05) is 6.54 Å². The second-order valence-electron chi connectivity index (χ2n) is 6.02. The number of aryl methyl sites for hydroxylation is 1. The smallest absolute Gasteiger partial charge is 0.0977 e. The van der Waals surface area contributed by atoms with Crippen LogP contribution in [0.15, 0.2) is 48.5 Å². The van der Waals surface area contributed by atoms with Crippen LogP contribution in [0.5, 0.6) is 0 Å². The fourth-order valence-corrected chi connectivity index (χ4v) is 3.78. The SMILES string of the molecule is CC(O)(c1ccc(Cl)cc1)C1(CN)CCc2ccccc21. The Labute approximate surface area is 130 Å². The van der Waals surface area contributed by atoms with Crippen LogP contribution in [0.1, 0.15) is 30.0 Å². The molecule has 110 valence electrons. The Hall–Kier alpha value is -1.35. The molecule has 2 aromatic carbocycles. The van der Waals surface area contributed by atoms with Crippen molar-refractivity contribution in [3.05, 3.63) is 70.2 Å². The lowest BCUT2D eigenvalue weighted by molar-refractivity contribution is -0.0259. The highest BCUT2D eigenvalue weighted by Gasteiger charge is 2.51. The molecule has 2 unspecified atom stereocenters. The van der Waals surface area contributed by atoms with Gasteiger partial charge in [0, 0.05) is 17.0 Å². The number of benzene rings is 2. The minimum atomic E-state index is -1.03. The third-order valence-electron chi connectivity index (χ3n) is 5.04. The molecule has 0 radical (unpaired) electrons. The van der Waals surface area contributed by atoms with Gasteiger partial charge in [-0.2, -0.15) is 0 Å². The van der Waals surface area contributed by atoms with Gasteiger partial charge in [-0.25, -0.2) is 0 Å². The third kappa shape index (κ3) is 2.10. The van der Waals surface area contributed by atoms with E-state index in [1.807, 2.05) is 43.3 Å². The highest BCUT2D eigenvalue weighted by atomic mass is 35.5. The highest BCUT2D eigenvalue weighted by molar-refractivity contribution is 6.30. The second kappa shape index (κ2) is 5.13. The Balaban J connectivity index is 2.14. The monoisotopic (exact) mass is 301 g/mol. The van der Waals surface area contributed by atoms with Crippen molar-refractivity contribution in [2.45, 2.75) is 30.8 Å². The van der Waals surface area contributed by atoms with Crippen molar-refractivity contribution in [2.24, 2.45) is 5.73 Å². The molecule has 0 saturated carbocycles. The standard InChI is InChI=1S/C18H20ClNO/c1-17(21,14-6-8-15(19)9-7-14)18(12-20)11-10-13-4-2-3-5-16(13)18/h2-9,21H,10-12,20H2,1H3. The van der Waals surface area contributed by atoms with E-state index in [1.54, 1.807) is 0 Å². The Kier molecular flexibility index (Phi) is 3.56. The summed E-state index contributed by atoms with van der Waals surface area (Å²) in [7, 11) is 0. The highest BCUT2D eigenvalue weighted by Crippen LogP contribution is 2.50. The van der Waals surface area contributed by atoms with Crippen LogP contribution in [-0.2, 0) is 17.4 Å². The van der Waals surface area contributed by atoms with E-state index in [0.29, 0.717) is 11.6 Å². The molecule has 0 aliphatic heterocycles. The van der Waals surface area contributed by atoms with Gasteiger partial charge in [-0.1, -0.05) is 48.0 Å². The zero-order chi connectivity index (χ0) is 15.1. The molecule has 3 rings (SSSR count). The first-order chi connectivity index (χ1) is 10.0. The molecule has 2 atom stereocenters. The first-order valence-electron chi connectivity index (χ1n) is 7.28. The van der Waals surface area contributed by atoms with Gasteiger partial charge in [0.25, 0.3) is 0 Å². The number of fused-ring (bicyclic) bond motifs is 1. The molecule has 3 heteroatoms. The maximum absolute atomic E-state index is 11.4. The first-order valence-corrected chi connectivity index (χ1v) is 7.66. The fraction of sp³-hybridized carbons (Fsp3) is 0.333. The van der Waals surface area contributed by atoms with Crippen molar-refractivity contribution in [3.8, 4) is 0 Å². The average molecular weight is 302 g/mol. The van der Waals surface area contributed by atoms with Crippen molar-refractivity contribution in [3.63, 3.8) is 0 Å². The summed E-state index contributed by atoms with van der Waals surface area (Å²) in [5.41, 5.74) is 7.99. The zero-order valence-corrected chi connectivity index (χ0v) is 12.9. The number of hydrogen-bond donors (Lipinski definition) is 2. The fourth-order valence-electron chi connectivity index (χ4n) is 3.65. The molecule has 0 aromatic heterocycles. The molecule has 0 spiro atoms. The quantitative estimate of drug-likeness (QED) is 0.913. The molecule has 2 nitrogen and oxygen atoms in total. The average Bonchev–Trinajstić information content (AvgIpc) is 2.88. The molecule has 0 saturated heterocycles. The van der Waals surface area contributed by atoms with Gasteiger partial charge in [0.05, 0.1) is 5.60 Å². The Morgan fingerprint density at radius 1 is 1.19 bits per heavy atom. The van der Waals surface area contributed by atoms with Gasteiger partial charge in [0.15, 0.2) is 0 Å². The number of aliphatic hydroxyl groups is 1. The van der Waals surface area contributed by atoms with Crippen LogP contribution >= 0.6 is 11.6 Å². The van der Waals surface area contributed by atoms with Gasteiger partial charge >= 0.3 is 0 Å². The van der Waals surface area contributed by atoms with E-state index in [-0.39, 0.29) is 0 Å². The van der Waals surface area contributed by atoms with Crippen LogP contribution in [0, 0.1) is 0 Å². The first kappa shape index (κ1) is 14.6. The largest absolute Gasteiger partial charge is 0.384 e. The lowest BCUT2D eigenvalue weighted by Gasteiger charge is -2.43. The van der Waals surface area contributed by atoms with Gasteiger partial charge in [0.1, 0.15) is 0 Å². The maximum Gasteiger partial charge on any atom is 0.0977 e. The predicted molar refractivity (Wildman–Crippen MR) is 86.5 cm³/mol. The molecular weight excluding hydrogens is 282 g/mol. The van der Waals surface area contributed by atoms with Gasteiger partial charge in [0.2, 0.25) is 0 Å². The van der Waals surface area contributed by atoms with Gasteiger partial charge in [-0.3, -0.25) is 0 Å². The van der Waals surface area contributed by atoms with Crippen LogP contribution in [0.2, 0.25) is 5.02 Å². The van der Waals surface area contributed by atoms with Gasteiger partial charge < -0.3 is 10.8 Å². The third-order valence-corrected chi connectivity index (χ3v) is 5.29. The van der Waals surface area contributed by atoms with E-state index in [4.69, 9.17) is 17.3 Å². The van der Waals surface area contributed by atoms with Crippen molar-refractivity contribution in [1.82, 2.24) is 0 Å². The minimum absolute atomic E-state index is 0.416. The van der Waals surface area contributed by atoms with E-state index < -0.39 is 11.0 Å². The minimum Gasteiger partial charge on any atom is -0.384 e. The normalized spacial score (nSPS) is 23.6. The lowest BCUT2D eigenvalue weighted by Crippen LogP contribution is -2.50. The molecule has 0 bridgehead atoms. The van der Waals surface area contributed by atoms with Crippen LogP contribution in [0.3, 0.4) is 0 Å². The Morgan fingerprint density at radius 3 is 2.52 bits per heavy atom. The lowest BCUT2D eigenvalue weighted by atomic mass is 9.66. The number of nitrogens with two attached hydrogens (primary N) is 1. The molecule has 0 amide bonds. The summed E-state index contributed by atoms with van der Waals surface area (Å²) in [5.74, 6) is 0. The van der Waals surface area contributed by atoms with Gasteiger partial charge in [-0.05, 0) is 48.6 Å². The molecule has 0 fully saturated rings. The van der Waals surface area contributed by atoms with Crippen LogP contribution in [0.4, 0.5) is 0 Å². The molecule has 2 aromatic rings. The summed E-state index contributed by atoms with van der Waals surface area (Å²) in [6.07, 6.45) is 1.82. The second-order valence-corrected chi connectivity index (χ2v) is 6.46. The van der Waals surface area contributed by atoms with E-state index in [9.17, 15) is 5.11 Å². The van der Waals surface area contributed by atoms with Crippen LogP contribution < -0.4 is 5.73 Å². The summed E-state index contributed by atoms with van der Waals surface area (Å²) in [5, 5.41) is 12.0. The Morgan fingerprint density at radius 2 is 1.86 bits per heavy atom. The number of halogens is 1. The summed E-state index contributed by atoms with van der Waals surface area (Å²) in [4.78, 5) is 0. The Bertz CT molecular complexity index is 651. The summed E-state index contributed by atoms with van der Waals surface area (Å²) < 4.78 is 0. The number of rotatable bonds is 3. The summed E-state index contributed by atoms with van der Waals surface area (Å²) in [6.45, 7) is 2.28. The predicted octanol–water partition coefficient (Wildman–Crippen LogP) is 3.39.